The highest BCUT2D eigenvalue weighted by atomic mass is 32.2. The fraction of sp³-hybridized carbons (Fsp3) is 0.278. The van der Waals surface area contributed by atoms with Gasteiger partial charge in [0.1, 0.15) is 5.03 Å². The lowest BCUT2D eigenvalue weighted by atomic mass is 10.2. The molecule has 1 aromatic heterocycles. The Labute approximate surface area is 150 Å². The van der Waals surface area contributed by atoms with Gasteiger partial charge in [-0.3, -0.25) is 9.69 Å². The van der Waals surface area contributed by atoms with Gasteiger partial charge in [0.15, 0.2) is 0 Å². The maximum Gasteiger partial charge on any atom is 0.326 e. The second kappa shape index (κ2) is 6.76. The number of fused-ring (bicyclic) bond motifs is 1. The van der Waals surface area contributed by atoms with E-state index in [2.05, 4.69) is 15.6 Å². The lowest BCUT2D eigenvalue weighted by Crippen LogP contribution is -2.38. The molecular formula is C18H18N4O2S. The zero-order chi connectivity index (χ0) is 17.2. The molecule has 0 spiro atoms. The Morgan fingerprint density at radius 1 is 1.16 bits per heavy atom. The average Bonchev–Trinajstić information content (AvgIpc) is 3.45. The number of nitrogens with one attached hydrogen (secondary N) is 2. The van der Waals surface area contributed by atoms with Gasteiger partial charge in [-0.25, -0.2) is 9.78 Å². The van der Waals surface area contributed by atoms with Gasteiger partial charge in [-0.15, -0.1) is 11.8 Å². The van der Waals surface area contributed by atoms with Crippen molar-refractivity contribution < 1.29 is 9.59 Å². The SMILES string of the molecule is O=C(NC1CC1)c1ccc(NC(=O)N2CCSc3ncccc32)cc1. The molecule has 1 aliphatic carbocycles. The summed E-state index contributed by atoms with van der Waals surface area (Å²) in [5.74, 6) is 0.756. The van der Waals surface area contributed by atoms with Crippen LogP contribution < -0.4 is 15.5 Å². The largest absolute Gasteiger partial charge is 0.349 e. The van der Waals surface area contributed by atoms with Gasteiger partial charge in [0.05, 0.1) is 5.69 Å². The number of benzene rings is 1. The second-order valence-corrected chi connectivity index (χ2v) is 7.17. The quantitative estimate of drug-likeness (QED) is 0.888. The molecule has 0 saturated heterocycles. The van der Waals surface area contributed by atoms with Crippen molar-refractivity contribution in [1.29, 1.82) is 0 Å². The van der Waals surface area contributed by atoms with E-state index >= 15 is 0 Å². The number of hydrogen-bond acceptors (Lipinski definition) is 4. The van der Waals surface area contributed by atoms with E-state index in [0.29, 0.717) is 23.8 Å². The van der Waals surface area contributed by atoms with Crippen LogP contribution in [0.5, 0.6) is 0 Å². The Bertz CT molecular complexity index is 805. The molecule has 128 valence electrons. The molecule has 1 saturated carbocycles. The first-order valence-corrected chi connectivity index (χ1v) is 9.26. The number of thioether (sulfide) groups is 1. The Morgan fingerprint density at radius 2 is 1.96 bits per heavy atom. The topological polar surface area (TPSA) is 74.3 Å². The molecule has 25 heavy (non-hydrogen) atoms. The van der Waals surface area contributed by atoms with Crippen molar-refractivity contribution in [3.05, 3.63) is 48.2 Å². The third kappa shape index (κ3) is 3.61. The van der Waals surface area contributed by atoms with Crippen LogP contribution in [0, 0.1) is 0 Å². The van der Waals surface area contributed by atoms with Gasteiger partial charge < -0.3 is 10.6 Å². The van der Waals surface area contributed by atoms with Gasteiger partial charge in [0.2, 0.25) is 0 Å². The number of urea groups is 1. The van der Waals surface area contributed by atoms with Crippen LogP contribution in [0.4, 0.5) is 16.2 Å². The first-order valence-electron chi connectivity index (χ1n) is 8.28. The minimum atomic E-state index is -0.190. The first kappa shape index (κ1) is 16.0. The number of pyridine rings is 1. The maximum absolute atomic E-state index is 12.6. The molecule has 2 heterocycles. The van der Waals surface area contributed by atoms with E-state index in [-0.39, 0.29) is 11.9 Å². The van der Waals surface area contributed by atoms with Crippen molar-refractivity contribution in [3.8, 4) is 0 Å². The molecule has 2 N–H and O–H groups in total. The van der Waals surface area contributed by atoms with Gasteiger partial charge >= 0.3 is 6.03 Å². The molecular weight excluding hydrogens is 336 g/mol. The van der Waals surface area contributed by atoms with E-state index in [9.17, 15) is 9.59 Å². The monoisotopic (exact) mass is 354 g/mol. The summed E-state index contributed by atoms with van der Waals surface area (Å²) in [6.45, 7) is 0.636. The molecule has 0 atom stereocenters. The number of anilines is 2. The van der Waals surface area contributed by atoms with Crippen LogP contribution >= 0.6 is 11.8 Å². The van der Waals surface area contributed by atoms with Gasteiger partial charge in [-0.2, -0.15) is 0 Å². The zero-order valence-corrected chi connectivity index (χ0v) is 14.4. The molecule has 6 nitrogen and oxygen atoms in total. The molecule has 1 aromatic carbocycles. The Hall–Kier alpha value is -2.54. The maximum atomic E-state index is 12.6. The number of rotatable bonds is 3. The summed E-state index contributed by atoms with van der Waals surface area (Å²) in [7, 11) is 0. The van der Waals surface area contributed by atoms with E-state index in [1.165, 1.54) is 0 Å². The van der Waals surface area contributed by atoms with Crippen molar-refractivity contribution in [3.63, 3.8) is 0 Å². The van der Waals surface area contributed by atoms with Crippen molar-refractivity contribution >= 4 is 35.1 Å². The number of carbonyl (C=O) groups excluding carboxylic acids is 2. The predicted octanol–water partition coefficient (Wildman–Crippen LogP) is 3.12. The summed E-state index contributed by atoms with van der Waals surface area (Å²) in [5.41, 5.74) is 2.10. The van der Waals surface area contributed by atoms with Crippen LogP contribution in [0.15, 0.2) is 47.6 Å². The third-order valence-electron chi connectivity index (χ3n) is 4.15. The van der Waals surface area contributed by atoms with E-state index in [1.807, 2.05) is 12.1 Å². The van der Waals surface area contributed by atoms with E-state index in [4.69, 9.17) is 0 Å². The van der Waals surface area contributed by atoms with Crippen LogP contribution in [-0.2, 0) is 0 Å². The Morgan fingerprint density at radius 3 is 2.72 bits per heavy atom. The molecule has 2 aliphatic rings. The van der Waals surface area contributed by atoms with Gasteiger partial charge in [-0.05, 0) is 49.2 Å². The average molecular weight is 354 g/mol. The van der Waals surface area contributed by atoms with Gasteiger partial charge in [-0.1, -0.05) is 0 Å². The molecule has 3 amide bonds. The van der Waals surface area contributed by atoms with E-state index in [0.717, 1.165) is 29.3 Å². The minimum absolute atomic E-state index is 0.0616. The van der Waals surface area contributed by atoms with Gasteiger partial charge in [0, 0.05) is 35.8 Å². The van der Waals surface area contributed by atoms with Gasteiger partial charge in [0.25, 0.3) is 5.91 Å². The number of aromatic nitrogens is 1. The summed E-state index contributed by atoms with van der Waals surface area (Å²) in [6, 6.07) is 10.8. The number of amides is 3. The molecule has 2 aromatic rings. The first-order chi connectivity index (χ1) is 12.2. The van der Waals surface area contributed by atoms with Crippen molar-refractivity contribution in [2.45, 2.75) is 23.9 Å². The van der Waals surface area contributed by atoms with Crippen LogP contribution in [0.3, 0.4) is 0 Å². The minimum Gasteiger partial charge on any atom is -0.349 e. The fourth-order valence-electron chi connectivity index (χ4n) is 2.66. The van der Waals surface area contributed by atoms with Crippen LogP contribution in [-0.4, -0.2) is 35.3 Å². The number of nitrogens with zero attached hydrogens (tertiary/aromatic N) is 2. The number of hydrogen-bond donors (Lipinski definition) is 2. The van der Waals surface area contributed by atoms with Crippen LogP contribution in [0.2, 0.25) is 0 Å². The van der Waals surface area contributed by atoms with Crippen molar-refractivity contribution in [1.82, 2.24) is 10.3 Å². The highest BCUT2D eigenvalue weighted by Gasteiger charge is 2.25. The van der Waals surface area contributed by atoms with Crippen molar-refractivity contribution in [2.75, 3.05) is 22.5 Å². The molecule has 4 rings (SSSR count). The normalized spacial score (nSPS) is 16.1. The second-order valence-electron chi connectivity index (χ2n) is 6.08. The highest BCUT2D eigenvalue weighted by molar-refractivity contribution is 7.99. The molecule has 0 radical (unpaired) electrons. The summed E-state index contributed by atoms with van der Waals surface area (Å²) in [5, 5.41) is 6.71. The summed E-state index contributed by atoms with van der Waals surface area (Å²) >= 11 is 1.65. The standard InChI is InChI=1S/C18H18N4O2S/c23-16(20-13-7-8-13)12-3-5-14(6-4-12)21-18(24)22-10-11-25-17-15(22)2-1-9-19-17/h1-6,9,13H,7-8,10-11H2,(H,20,23)(H,21,24). The molecule has 7 heteroatoms. The molecule has 0 unspecified atom stereocenters. The summed E-state index contributed by atoms with van der Waals surface area (Å²) < 4.78 is 0. The van der Waals surface area contributed by atoms with Crippen LogP contribution in [0.25, 0.3) is 0 Å². The smallest absolute Gasteiger partial charge is 0.326 e. The van der Waals surface area contributed by atoms with Crippen molar-refractivity contribution in [2.24, 2.45) is 0 Å². The predicted molar refractivity (Wildman–Crippen MR) is 98.3 cm³/mol. The lowest BCUT2D eigenvalue weighted by molar-refractivity contribution is 0.0951. The summed E-state index contributed by atoms with van der Waals surface area (Å²) in [4.78, 5) is 30.6. The summed E-state index contributed by atoms with van der Waals surface area (Å²) in [6.07, 6.45) is 3.85. The molecule has 1 fully saturated rings. The number of carbonyl (C=O) groups is 2. The van der Waals surface area contributed by atoms with Crippen LogP contribution in [0.1, 0.15) is 23.2 Å². The molecule has 1 aliphatic heterocycles. The highest BCUT2D eigenvalue weighted by Crippen LogP contribution is 2.32. The lowest BCUT2D eigenvalue weighted by Gasteiger charge is -2.28. The van der Waals surface area contributed by atoms with E-state index in [1.54, 1.807) is 47.1 Å². The Balaban J connectivity index is 1.43. The molecule has 0 bridgehead atoms. The zero-order valence-electron chi connectivity index (χ0n) is 13.6. The fourth-order valence-corrected chi connectivity index (χ4v) is 3.58. The van der Waals surface area contributed by atoms with E-state index < -0.39 is 0 Å². The Kier molecular flexibility index (Phi) is 4.31. The third-order valence-corrected chi connectivity index (χ3v) is 5.13.